The van der Waals surface area contributed by atoms with E-state index in [4.69, 9.17) is 11.6 Å². The molecule has 0 bridgehead atoms. The molecule has 5 aromatic rings. The highest BCUT2D eigenvalue weighted by molar-refractivity contribution is 6.17. The highest BCUT2D eigenvalue weighted by Gasteiger charge is 2.10. The van der Waals surface area contributed by atoms with Crippen molar-refractivity contribution in [1.29, 1.82) is 0 Å². The molecular weight excluding hydrogens is 464 g/mol. The highest BCUT2D eigenvalue weighted by atomic mass is 35.5. The molecule has 0 atom stereocenters. The molecule has 5 rings (SSSR count). The first kappa shape index (κ1) is 24.1. The summed E-state index contributed by atoms with van der Waals surface area (Å²) in [6, 6.07) is 26.0. The van der Waals surface area contributed by atoms with Gasteiger partial charge in [0.05, 0.1) is 0 Å². The van der Waals surface area contributed by atoms with Crippen molar-refractivity contribution in [2.24, 2.45) is 0 Å². The molecule has 0 spiro atoms. The Morgan fingerprint density at radius 2 is 1.17 bits per heavy atom. The highest BCUT2D eigenvalue weighted by Crippen LogP contribution is 2.13. The van der Waals surface area contributed by atoms with Crippen LogP contribution >= 0.6 is 11.6 Å². The fourth-order valence-corrected chi connectivity index (χ4v) is 4.98. The van der Waals surface area contributed by atoms with Crippen LogP contribution in [0, 0.1) is 0 Å². The first-order valence-electron chi connectivity index (χ1n) is 12.6. The second-order valence-electron chi connectivity index (χ2n) is 9.36. The Morgan fingerprint density at radius 3 is 1.83 bits per heavy atom. The lowest BCUT2D eigenvalue weighted by atomic mass is 10.1. The predicted molar refractivity (Wildman–Crippen MR) is 144 cm³/mol. The number of aromatic nitrogens is 4. The maximum atomic E-state index is 6.10. The zero-order valence-corrected chi connectivity index (χ0v) is 21.6. The van der Waals surface area contributed by atoms with Crippen LogP contribution in [0.3, 0.4) is 0 Å². The fourth-order valence-electron chi connectivity index (χ4n) is 4.72. The summed E-state index contributed by atoms with van der Waals surface area (Å²) in [7, 11) is 0. The van der Waals surface area contributed by atoms with Gasteiger partial charge in [-0.3, -0.25) is 0 Å². The summed E-state index contributed by atoms with van der Waals surface area (Å²) in [5, 5.41) is 0. The first-order valence-corrected chi connectivity index (χ1v) is 13.1. The van der Waals surface area contributed by atoms with Crippen LogP contribution in [0.1, 0.15) is 40.3 Å². The fraction of sp³-hybridized carbons (Fsp3) is 0.226. The van der Waals surface area contributed by atoms with Gasteiger partial charge in [-0.2, -0.15) is 0 Å². The molecule has 0 aliphatic rings. The van der Waals surface area contributed by atoms with E-state index in [2.05, 4.69) is 129 Å². The van der Waals surface area contributed by atoms with Crippen LogP contribution in [-0.4, -0.2) is 9.13 Å². The van der Waals surface area contributed by atoms with E-state index in [9.17, 15) is 0 Å². The first-order chi connectivity index (χ1) is 17.7. The topological polar surface area (TPSA) is 17.6 Å². The molecule has 2 aromatic heterocycles. The summed E-state index contributed by atoms with van der Waals surface area (Å²) in [6.45, 7) is 5.67. The number of rotatable bonds is 10. The molecule has 0 radical (unpaired) electrons. The van der Waals surface area contributed by atoms with Gasteiger partial charge >= 0.3 is 0 Å². The molecule has 0 amide bonds. The Kier molecular flexibility index (Phi) is 7.63. The number of aryl methyl sites for hydroxylation is 1. The number of imidazole rings is 2. The van der Waals surface area contributed by atoms with E-state index >= 15 is 0 Å². The van der Waals surface area contributed by atoms with Crippen molar-refractivity contribution in [2.45, 2.75) is 45.4 Å². The molecule has 0 saturated carbocycles. The summed E-state index contributed by atoms with van der Waals surface area (Å²) in [4.78, 5) is 0. The Bertz CT molecular complexity index is 1310. The molecular formula is C31H33ClN4+2. The van der Waals surface area contributed by atoms with Crippen LogP contribution in [0.25, 0.3) is 0 Å². The molecule has 0 unspecified atom stereocenters. The second-order valence-corrected chi connectivity index (χ2v) is 9.62. The largest absolute Gasteiger partial charge is 0.244 e. The molecule has 0 aliphatic carbocycles. The molecule has 36 heavy (non-hydrogen) atoms. The van der Waals surface area contributed by atoms with Crippen LogP contribution < -0.4 is 9.13 Å². The monoisotopic (exact) mass is 496 g/mol. The van der Waals surface area contributed by atoms with Gasteiger partial charge in [-0.05, 0) is 39.8 Å². The molecule has 0 N–H and O–H groups in total. The lowest BCUT2D eigenvalue weighted by molar-refractivity contribution is -0.688. The minimum absolute atomic E-state index is 0.541. The van der Waals surface area contributed by atoms with E-state index in [1.165, 1.54) is 33.4 Å². The molecule has 2 heterocycles. The van der Waals surface area contributed by atoms with Gasteiger partial charge in [0.15, 0.2) is 0 Å². The van der Waals surface area contributed by atoms with E-state index < -0.39 is 0 Å². The van der Waals surface area contributed by atoms with Crippen molar-refractivity contribution in [3.05, 3.63) is 144 Å². The van der Waals surface area contributed by atoms with E-state index in [0.29, 0.717) is 5.88 Å². The van der Waals surface area contributed by atoms with Crippen LogP contribution in [0.4, 0.5) is 0 Å². The third kappa shape index (κ3) is 5.95. The lowest BCUT2D eigenvalue weighted by Gasteiger charge is -2.05. The van der Waals surface area contributed by atoms with Crippen LogP contribution in [0.2, 0.25) is 0 Å². The van der Waals surface area contributed by atoms with Crippen molar-refractivity contribution >= 4 is 11.6 Å². The van der Waals surface area contributed by atoms with Gasteiger partial charge in [-0.25, -0.2) is 18.3 Å². The number of nitrogens with zero attached hydrogens (tertiary/aromatic N) is 4. The van der Waals surface area contributed by atoms with Gasteiger partial charge in [0.1, 0.15) is 51.0 Å². The van der Waals surface area contributed by atoms with Crippen LogP contribution in [-0.2, 0) is 38.5 Å². The molecule has 0 saturated heterocycles. The number of hydrogen-bond acceptors (Lipinski definition) is 0. The molecule has 3 aromatic carbocycles. The lowest BCUT2D eigenvalue weighted by Crippen LogP contribution is -2.32. The van der Waals surface area contributed by atoms with Crippen molar-refractivity contribution < 1.29 is 9.13 Å². The summed E-state index contributed by atoms with van der Waals surface area (Å²) < 4.78 is 8.94. The summed E-state index contributed by atoms with van der Waals surface area (Å²) in [6.07, 6.45) is 14.0. The van der Waals surface area contributed by atoms with Crippen molar-refractivity contribution in [2.75, 3.05) is 0 Å². The smallest absolute Gasteiger partial charge is 0.233 e. The van der Waals surface area contributed by atoms with Gasteiger partial charge < -0.3 is 0 Å². The number of benzene rings is 3. The van der Waals surface area contributed by atoms with Gasteiger partial charge in [0, 0.05) is 5.88 Å². The Hall–Kier alpha value is -3.63. The number of halogens is 1. The molecule has 182 valence electrons. The van der Waals surface area contributed by atoms with Crippen molar-refractivity contribution in [1.82, 2.24) is 9.13 Å². The van der Waals surface area contributed by atoms with E-state index in [0.717, 1.165) is 32.6 Å². The zero-order valence-electron chi connectivity index (χ0n) is 20.8. The maximum Gasteiger partial charge on any atom is 0.244 e. The Balaban J connectivity index is 1.18. The quantitative estimate of drug-likeness (QED) is 0.183. The maximum absolute atomic E-state index is 6.10. The SMILES string of the molecule is CCc1ccccc1C[n+]1ccn(Cc2ccc(C[n+]3ccn(Cc4ccccc4CCl)c3)cc2)c1. The van der Waals surface area contributed by atoms with Crippen LogP contribution in [0.15, 0.2) is 110 Å². The second kappa shape index (κ2) is 11.4. The average Bonchev–Trinajstić information content (AvgIpc) is 3.55. The predicted octanol–water partition coefficient (Wildman–Crippen LogP) is 5.36. The summed E-state index contributed by atoms with van der Waals surface area (Å²) in [5.74, 6) is 0.541. The Morgan fingerprint density at radius 1 is 0.611 bits per heavy atom. The minimum Gasteiger partial charge on any atom is -0.233 e. The van der Waals surface area contributed by atoms with Crippen molar-refractivity contribution in [3.63, 3.8) is 0 Å². The molecule has 5 heteroatoms. The molecule has 0 fully saturated rings. The number of alkyl halides is 1. The van der Waals surface area contributed by atoms with E-state index in [-0.39, 0.29) is 0 Å². The van der Waals surface area contributed by atoms with E-state index in [1.54, 1.807) is 0 Å². The standard InChI is InChI=1S/C31H33ClN4/c1-2-28-7-3-5-9-30(28)22-35-17-15-33(24-35)20-26-11-13-27(14-12-26)21-34-16-18-36(25-34)23-31-10-6-4-8-29(31)19-32/h3-18,24-25H,2,19-23H2,1H3/q+2. The van der Waals surface area contributed by atoms with Crippen molar-refractivity contribution in [3.8, 4) is 0 Å². The minimum atomic E-state index is 0.541. The number of hydrogen-bond donors (Lipinski definition) is 0. The summed E-state index contributed by atoms with van der Waals surface area (Å²) >= 11 is 6.10. The third-order valence-electron chi connectivity index (χ3n) is 6.71. The van der Waals surface area contributed by atoms with Gasteiger partial charge in [-0.15, -0.1) is 11.6 Å². The Labute approximate surface area is 218 Å². The third-order valence-corrected chi connectivity index (χ3v) is 7.00. The van der Waals surface area contributed by atoms with E-state index in [1.807, 2.05) is 6.07 Å². The van der Waals surface area contributed by atoms with Gasteiger partial charge in [0.25, 0.3) is 0 Å². The van der Waals surface area contributed by atoms with Gasteiger partial charge in [0.2, 0.25) is 12.7 Å². The van der Waals surface area contributed by atoms with Crippen LogP contribution in [0.5, 0.6) is 0 Å². The molecule has 0 aliphatic heterocycles. The molecule has 4 nitrogen and oxygen atoms in total. The van der Waals surface area contributed by atoms with Gasteiger partial charge in [-0.1, -0.05) is 79.7 Å². The normalized spacial score (nSPS) is 11.2. The zero-order chi connectivity index (χ0) is 24.7. The summed E-state index contributed by atoms with van der Waals surface area (Å²) in [5.41, 5.74) is 7.86. The average molecular weight is 497 g/mol.